The lowest BCUT2D eigenvalue weighted by molar-refractivity contribution is -0.274. The molecule has 8 fully saturated rings. The first-order valence-corrected chi connectivity index (χ1v) is 26.0. The molecule has 0 radical (unpaired) electrons. The number of aliphatic hydroxyl groups is 1. The maximum Gasteiger partial charge on any atom is 0.171 e. The quantitative estimate of drug-likeness (QED) is 0.321. The monoisotopic (exact) mass is 809 g/mol. The summed E-state index contributed by atoms with van der Waals surface area (Å²) in [5.41, 5.74) is 6.46. The summed E-state index contributed by atoms with van der Waals surface area (Å²) in [6.45, 7) is 23.5. The van der Waals surface area contributed by atoms with Gasteiger partial charge in [-0.05, 0) is 184 Å². The first kappa shape index (κ1) is 40.7. The predicted octanol–water partition coefficient (Wildman–Crippen LogP) is 11.8. The molecule has 8 aliphatic carbocycles. The third-order valence-electron chi connectivity index (χ3n) is 22.9. The second-order valence-corrected chi connectivity index (χ2v) is 25.7. The Hall–Kier alpha value is -1.04. The van der Waals surface area contributed by atoms with Gasteiger partial charge in [-0.1, -0.05) is 81.6 Å². The van der Waals surface area contributed by atoms with Crippen LogP contribution in [0.1, 0.15) is 181 Å². The Bertz CT molecular complexity index is 1790. The van der Waals surface area contributed by atoms with Gasteiger partial charge in [-0.3, -0.25) is 9.97 Å². The fourth-order valence-electron chi connectivity index (χ4n) is 19.7. The van der Waals surface area contributed by atoms with Gasteiger partial charge in [0.2, 0.25) is 0 Å². The highest BCUT2D eigenvalue weighted by molar-refractivity contribution is 5.31. The molecular weight excluding hydrogens is 725 g/mol. The van der Waals surface area contributed by atoms with Crippen molar-refractivity contribution < 1.29 is 14.6 Å². The lowest BCUT2D eigenvalue weighted by Crippen LogP contribution is -2.60. The lowest BCUT2D eigenvalue weighted by Gasteiger charge is -2.62. The van der Waals surface area contributed by atoms with Crippen molar-refractivity contribution in [2.75, 3.05) is 6.61 Å². The van der Waals surface area contributed by atoms with Gasteiger partial charge in [-0.25, -0.2) is 0 Å². The van der Waals surface area contributed by atoms with Crippen LogP contribution in [0.3, 0.4) is 0 Å². The van der Waals surface area contributed by atoms with Gasteiger partial charge in [0.05, 0.1) is 41.6 Å². The number of rotatable bonds is 5. The van der Waals surface area contributed by atoms with Crippen LogP contribution >= 0.6 is 0 Å². The number of hydrogen-bond acceptors (Lipinski definition) is 5. The molecule has 2 aliphatic heterocycles. The van der Waals surface area contributed by atoms with E-state index in [0.717, 1.165) is 86.6 Å². The molecule has 2 saturated heterocycles. The molecule has 1 aromatic heterocycles. The summed E-state index contributed by atoms with van der Waals surface area (Å²) in [7, 11) is 0. The van der Waals surface area contributed by atoms with Gasteiger partial charge in [0.15, 0.2) is 5.79 Å². The second-order valence-electron chi connectivity index (χ2n) is 25.7. The number of nitrogens with zero attached hydrogens (tertiary/aromatic N) is 2. The zero-order chi connectivity index (χ0) is 41.0. The highest BCUT2D eigenvalue weighted by Crippen LogP contribution is 2.72. The Labute approximate surface area is 359 Å². The van der Waals surface area contributed by atoms with Gasteiger partial charge in [0.25, 0.3) is 0 Å². The molecule has 10 aliphatic rings. The molecule has 3 heterocycles. The summed E-state index contributed by atoms with van der Waals surface area (Å²) >= 11 is 0. The van der Waals surface area contributed by atoms with Gasteiger partial charge < -0.3 is 14.6 Å². The fourth-order valence-corrected chi connectivity index (χ4v) is 19.7. The minimum atomic E-state index is -0.430. The molecule has 1 aromatic rings. The molecule has 0 amide bonds. The maximum atomic E-state index is 12.5. The first-order valence-electron chi connectivity index (χ1n) is 26.0. The van der Waals surface area contributed by atoms with E-state index >= 15 is 0 Å². The molecule has 11 rings (SSSR count). The number of aliphatic hydroxyl groups excluding tert-OH is 1. The molecule has 0 bridgehead atoms. The maximum absolute atomic E-state index is 12.5. The Kier molecular flexibility index (Phi) is 9.65. The number of hydrogen-bond donors (Lipinski definition) is 1. The molecule has 1 spiro atoms. The van der Waals surface area contributed by atoms with E-state index in [1.54, 1.807) is 0 Å². The fraction of sp³-hybridized carbons (Fsp3) is 0.926. The lowest BCUT2D eigenvalue weighted by atomic mass is 9.43. The summed E-state index contributed by atoms with van der Waals surface area (Å²) in [4.78, 5) is 11.5. The van der Waals surface area contributed by atoms with Crippen molar-refractivity contribution >= 4 is 0 Å². The van der Waals surface area contributed by atoms with E-state index in [0.29, 0.717) is 52.3 Å². The molecule has 5 heteroatoms. The summed E-state index contributed by atoms with van der Waals surface area (Å²) in [6, 6.07) is 0. The van der Waals surface area contributed by atoms with Crippen molar-refractivity contribution in [1.29, 1.82) is 0 Å². The third kappa shape index (κ3) is 5.75. The van der Waals surface area contributed by atoms with E-state index in [4.69, 9.17) is 19.4 Å². The largest absolute Gasteiger partial charge is 0.393 e. The van der Waals surface area contributed by atoms with Crippen LogP contribution in [-0.4, -0.2) is 39.7 Å². The van der Waals surface area contributed by atoms with E-state index in [1.165, 1.54) is 106 Å². The van der Waals surface area contributed by atoms with Crippen LogP contribution in [0.25, 0.3) is 0 Å². The molecule has 328 valence electrons. The summed E-state index contributed by atoms with van der Waals surface area (Å²) < 4.78 is 13.7. The van der Waals surface area contributed by atoms with Crippen LogP contribution < -0.4 is 0 Å². The SMILES string of the molecule is CC(C)CCCC(C)[C@H]1CCC2[C@@H]3CCC4Cc5nc6c(nc5C[C@]4(C)C3CC[C@@]21C)CC1CC[C@@H]2C(C[C@@H](O)[C@@]3(C)C2C[C@@H]2OC4(CCC(C)CO4)C(C)[C@@H]23)[C@@]1(C)C6. The summed E-state index contributed by atoms with van der Waals surface area (Å²) in [5.74, 6) is 9.38. The van der Waals surface area contributed by atoms with Gasteiger partial charge in [0.1, 0.15) is 0 Å². The number of ether oxygens (including phenoxy) is 2. The minimum Gasteiger partial charge on any atom is -0.393 e. The Morgan fingerprint density at radius 2 is 1.32 bits per heavy atom. The smallest absolute Gasteiger partial charge is 0.171 e. The molecule has 0 aromatic carbocycles. The molecular formula is C54H84N2O3. The average Bonchev–Trinajstić information content (AvgIpc) is 3.80. The van der Waals surface area contributed by atoms with Gasteiger partial charge >= 0.3 is 0 Å². The zero-order valence-corrected chi connectivity index (χ0v) is 39.0. The number of aromatic nitrogens is 2. The van der Waals surface area contributed by atoms with Gasteiger partial charge in [-0.2, -0.15) is 0 Å². The summed E-state index contributed by atoms with van der Waals surface area (Å²) in [5, 5.41) is 12.5. The molecule has 5 nitrogen and oxygen atoms in total. The first-order chi connectivity index (χ1) is 28.1. The summed E-state index contributed by atoms with van der Waals surface area (Å²) in [6.07, 6.45) is 24.3. The molecule has 1 N–H and O–H groups in total. The molecule has 6 saturated carbocycles. The number of fused-ring (bicyclic) bond motifs is 14. The zero-order valence-electron chi connectivity index (χ0n) is 39.0. The average molecular weight is 809 g/mol. The van der Waals surface area contributed by atoms with Crippen LogP contribution in [0.15, 0.2) is 0 Å². The standard InChI is InChI=1S/C54H84N2O3/c1-30(2)11-10-12-32(4)38-17-18-39-36-15-13-34-23-43-45(27-51(34,7)40(36)20-21-50(38,39)6)55-44-24-35-14-16-37-41(52(35,8)28-46(44)56-43)26-48(57)53(9)42(37)25-47-49(53)33(5)54(59-47)22-19-31(3)29-58-54/h30-42,47-49,57H,10-29H2,1-9H3/t31?,32?,33?,34?,35?,36-,37+,38+,39?,40?,41?,42?,47-,48+,49-,50+,51-,52-,53+,54?/m0/s1. The predicted molar refractivity (Wildman–Crippen MR) is 235 cm³/mol. The second kappa shape index (κ2) is 14.0. The Morgan fingerprint density at radius 3 is 1.97 bits per heavy atom. The van der Waals surface area contributed by atoms with Crippen LogP contribution in [0.4, 0.5) is 0 Å². The van der Waals surface area contributed by atoms with E-state index in [9.17, 15) is 5.11 Å². The van der Waals surface area contributed by atoms with Gasteiger partial charge in [-0.15, -0.1) is 0 Å². The van der Waals surface area contributed by atoms with Crippen molar-refractivity contribution in [3.63, 3.8) is 0 Å². The van der Waals surface area contributed by atoms with E-state index in [1.807, 2.05) is 0 Å². The van der Waals surface area contributed by atoms with Crippen molar-refractivity contribution in [2.45, 2.75) is 202 Å². The molecule has 10 unspecified atom stereocenters. The minimum absolute atomic E-state index is 0.0938. The van der Waals surface area contributed by atoms with Crippen molar-refractivity contribution in [3.8, 4) is 0 Å². The van der Waals surface area contributed by atoms with Crippen LogP contribution in [0.2, 0.25) is 0 Å². The van der Waals surface area contributed by atoms with E-state index in [2.05, 4.69) is 62.3 Å². The highest BCUT2D eigenvalue weighted by Gasteiger charge is 2.72. The van der Waals surface area contributed by atoms with Crippen LogP contribution in [-0.2, 0) is 35.2 Å². The topological polar surface area (TPSA) is 64.5 Å². The van der Waals surface area contributed by atoms with Gasteiger partial charge in [0, 0.05) is 23.7 Å². The Morgan fingerprint density at radius 1 is 0.678 bits per heavy atom. The van der Waals surface area contributed by atoms with Crippen molar-refractivity contribution in [3.05, 3.63) is 22.8 Å². The highest BCUT2D eigenvalue weighted by atomic mass is 16.7. The molecule has 20 atom stereocenters. The van der Waals surface area contributed by atoms with Crippen molar-refractivity contribution in [1.82, 2.24) is 9.97 Å². The molecule has 59 heavy (non-hydrogen) atoms. The Balaban J connectivity index is 0.808. The normalized spacial score (nSPS) is 53.6. The van der Waals surface area contributed by atoms with Crippen LogP contribution in [0, 0.1) is 105 Å². The van der Waals surface area contributed by atoms with E-state index in [-0.39, 0.29) is 23.0 Å². The third-order valence-corrected chi connectivity index (χ3v) is 22.9. The van der Waals surface area contributed by atoms with E-state index < -0.39 is 5.79 Å². The van der Waals surface area contributed by atoms with Crippen molar-refractivity contribution in [2.24, 2.45) is 105 Å². The van der Waals surface area contributed by atoms with Crippen LogP contribution in [0.5, 0.6) is 0 Å².